The summed E-state index contributed by atoms with van der Waals surface area (Å²) < 4.78 is 0. The number of benzene rings is 3. The molecule has 0 bridgehead atoms. The van der Waals surface area contributed by atoms with Crippen LogP contribution in [0.3, 0.4) is 0 Å². The molecule has 0 fully saturated rings. The minimum atomic E-state index is -0.521. The zero-order chi connectivity index (χ0) is 23.5. The number of nitrogens with zero attached hydrogens (tertiary/aromatic N) is 4. The molecule has 7 nitrogen and oxygen atoms in total. The molecule has 34 heavy (non-hydrogen) atoms. The molecule has 0 spiro atoms. The predicted octanol–water partition coefficient (Wildman–Crippen LogP) is 4.67. The Labute approximate surface area is 201 Å². The first-order valence-electron chi connectivity index (χ1n) is 10.8. The number of aromatic nitrogens is 3. The molecule has 2 heterocycles. The van der Waals surface area contributed by atoms with E-state index < -0.39 is 5.25 Å². The summed E-state index contributed by atoms with van der Waals surface area (Å²) in [5.41, 5.74) is 4.52. The lowest BCUT2D eigenvalue weighted by molar-refractivity contribution is -0.121. The minimum Gasteiger partial charge on any atom is -0.323 e. The fourth-order valence-electron chi connectivity index (χ4n) is 3.81. The van der Waals surface area contributed by atoms with Crippen molar-refractivity contribution in [3.05, 3.63) is 84.9 Å². The van der Waals surface area contributed by atoms with Crippen LogP contribution in [0.5, 0.6) is 0 Å². The summed E-state index contributed by atoms with van der Waals surface area (Å²) in [6.45, 7) is 1.76. The van der Waals surface area contributed by atoms with E-state index in [0.717, 1.165) is 11.1 Å². The van der Waals surface area contributed by atoms with E-state index in [1.54, 1.807) is 13.0 Å². The van der Waals surface area contributed by atoms with Crippen LogP contribution < -0.4 is 10.2 Å². The molecule has 1 atom stereocenters. The quantitative estimate of drug-likeness (QED) is 0.429. The van der Waals surface area contributed by atoms with Gasteiger partial charge in [0.25, 0.3) is 0 Å². The maximum atomic E-state index is 13.3. The standard InChI is InChI=1S/C26H21N5O2S/c1-17(25(33)31-16-22(32)27-20-14-8-9-15-21(20)31)34-26-28-23(18-10-4-2-5-11-18)24(29-30-26)19-12-6-3-7-13-19/h2-15,17H,16H2,1H3,(H,27,32)/t17-/m1/s1. The summed E-state index contributed by atoms with van der Waals surface area (Å²) in [4.78, 5) is 31.7. The highest BCUT2D eigenvalue weighted by atomic mass is 32.2. The third-order valence-electron chi connectivity index (χ3n) is 5.43. The van der Waals surface area contributed by atoms with Crippen molar-refractivity contribution in [2.75, 3.05) is 16.8 Å². The highest BCUT2D eigenvalue weighted by Gasteiger charge is 2.30. The number of rotatable bonds is 5. The molecule has 5 rings (SSSR count). The maximum Gasteiger partial charge on any atom is 0.244 e. The van der Waals surface area contributed by atoms with Crippen molar-refractivity contribution in [1.82, 2.24) is 15.2 Å². The monoisotopic (exact) mass is 467 g/mol. The summed E-state index contributed by atoms with van der Waals surface area (Å²) in [6.07, 6.45) is 0. The van der Waals surface area contributed by atoms with E-state index >= 15 is 0 Å². The topological polar surface area (TPSA) is 88.1 Å². The molecule has 3 aromatic carbocycles. The number of carbonyl (C=O) groups is 2. The van der Waals surface area contributed by atoms with Gasteiger partial charge in [0, 0.05) is 11.1 Å². The van der Waals surface area contributed by atoms with Crippen molar-refractivity contribution in [3.8, 4) is 22.5 Å². The van der Waals surface area contributed by atoms with Gasteiger partial charge >= 0.3 is 0 Å². The molecule has 0 aliphatic carbocycles. The molecule has 0 radical (unpaired) electrons. The molecule has 0 saturated carbocycles. The molecule has 0 saturated heterocycles. The predicted molar refractivity (Wildman–Crippen MR) is 133 cm³/mol. The number of fused-ring (bicyclic) bond motifs is 1. The summed E-state index contributed by atoms with van der Waals surface area (Å²) in [7, 11) is 0. The zero-order valence-electron chi connectivity index (χ0n) is 18.4. The number of amides is 2. The van der Waals surface area contributed by atoms with Crippen molar-refractivity contribution in [1.29, 1.82) is 0 Å². The third-order valence-corrected chi connectivity index (χ3v) is 6.37. The van der Waals surface area contributed by atoms with Gasteiger partial charge in [-0.25, -0.2) is 4.98 Å². The molecule has 1 aromatic heterocycles. The second kappa shape index (κ2) is 9.44. The van der Waals surface area contributed by atoms with Crippen LogP contribution in [0.2, 0.25) is 0 Å². The Morgan fingerprint density at radius 1 is 0.882 bits per heavy atom. The first-order valence-corrected chi connectivity index (χ1v) is 11.7. The highest BCUT2D eigenvalue weighted by molar-refractivity contribution is 8.00. The Hall–Kier alpha value is -4.04. The average molecular weight is 468 g/mol. The number of carbonyl (C=O) groups excluding carboxylic acids is 2. The van der Waals surface area contributed by atoms with Crippen LogP contribution in [-0.2, 0) is 9.59 Å². The van der Waals surface area contributed by atoms with Crippen LogP contribution in [0, 0.1) is 0 Å². The van der Waals surface area contributed by atoms with Gasteiger partial charge in [-0.15, -0.1) is 10.2 Å². The van der Waals surface area contributed by atoms with Gasteiger partial charge in [0.05, 0.1) is 16.6 Å². The Bertz CT molecular complexity index is 1350. The highest BCUT2D eigenvalue weighted by Crippen LogP contribution is 2.33. The Morgan fingerprint density at radius 3 is 2.21 bits per heavy atom. The molecule has 168 valence electrons. The molecule has 1 aliphatic heterocycles. The lowest BCUT2D eigenvalue weighted by atomic mass is 10.0. The summed E-state index contributed by atoms with van der Waals surface area (Å²) in [5.74, 6) is -0.412. The molecule has 0 unspecified atom stereocenters. The van der Waals surface area contributed by atoms with E-state index in [1.807, 2.05) is 78.9 Å². The van der Waals surface area contributed by atoms with Crippen LogP contribution in [-0.4, -0.2) is 38.8 Å². The number of thioether (sulfide) groups is 1. The molecule has 1 N–H and O–H groups in total. The van der Waals surface area contributed by atoms with Gasteiger partial charge in [-0.1, -0.05) is 84.6 Å². The van der Waals surface area contributed by atoms with Crippen LogP contribution in [0.4, 0.5) is 11.4 Å². The van der Waals surface area contributed by atoms with Crippen LogP contribution >= 0.6 is 11.8 Å². The van der Waals surface area contributed by atoms with E-state index in [-0.39, 0.29) is 18.4 Å². The van der Waals surface area contributed by atoms with Gasteiger partial charge in [-0.2, -0.15) is 0 Å². The average Bonchev–Trinajstić information content (AvgIpc) is 2.88. The largest absolute Gasteiger partial charge is 0.323 e. The van der Waals surface area contributed by atoms with Gasteiger partial charge in [-0.05, 0) is 19.1 Å². The third kappa shape index (κ3) is 4.40. The van der Waals surface area contributed by atoms with Gasteiger partial charge in [0.15, 0.2) is 0 Å². The van der Waals surface area contributed by atoms with E-state index in [0.29, 0.717) is 27.9 Å². The fourth-order valence-corrected chi connectivity index (χ4v) is 4.58. The Kier molecular flexibility index (Phi) is 6.05. The summed E-state index contributed by atoms with van der Waals surface area (Å²) in [6, 6.07) is 26.8. The van der Waals surface area contributed by atoms with E-state index in [9.17, 15) is 9.59 Å². The smallest absolute Gasteiger partial charge is 0.244 e. The van der Waals surface area contributed by atoms with Gasteiger partial charge in [-0.3, -0.25) is 14.5 Å². The zero-order valence-corrected chi connectivity index (χ0v) is 19.2. The number of para-hydroxylation sites is 2. The van der Waals surface area contributed by atoms with Gasteiger partial charge < -0.3 is 5.32 Å². The van der Waals surface area contributed by atoms with Crippen molar-refractivity contribution in [2.45, 2.75) is 17.3 Å². The first-order chi connectivity index (χ1) is 16.6. The molecule has 8 heteroatoms. The summed E-state index contributed by atoms with van der Waals surface area (Å²) in [5, 5.41) is 11.5. The molecular weight excluding hydrogens is 446 g/mol. The lowest BCUT2D eigenvalue weighted by Gasteiger charge is -2.30. The van der Waals surface area contributed by atoms with Crippen LogP contribution in [0.25, 0.3) is 22.5 Å². The second-order valence-corrected chi connectivity index (χ2v) is 9.08. The van der Waals surface area contributed by atoms with Crippen molar-refractivity contribution in [2.24, 2.45) is 0 Å². The summed E-state index contributed by atoms with van der Waals surface area (Å²) >= 11 is 1.23. The van der Waals surface area contributed by atoms with E-state index in [1.165, 1.54) is 16.7 Å². The van der Waals surface area contributed by atoms with Crippen LogP contribution in [0.15, 0.2) is 90.1 Å². The molecule has 2 amide bonds. The van der Waals surface area contributed by atoms with E-state index in [4.69, 9.17) is 4.98 Å². The molecule has 4 aromatic rings. The minimum absolute atomic E-state index is 0.0257. The number of hydrogen-bond donors (Lipinski definition) is 1. The number of anilines is 2. The second-order valence-electron chi connectivity index (χ2n) is 7.77. The molecular formula is C26H21N5O2S. The normalized spacial score (nSPS) is 13.7. The van der Waals surface area contributed by atoms with E-state index in [2.05, 4.69) is 15.5 Å². The Balaban J connectivity index is 1.45. The van der Waals surface area contributed by atoms with Crippen molar-refractivity contribution >= 4 is 35.0 Å². The van der Waals surface area contributed by atoms with Crippen molar-refractivity contribution < 1.29 is 9.59 Å². The SMILES string of the molecule is C[C@@H](Sc1nnc(-c2ccccc2)c(-c2ccccc2)n1)C(=O)N1CC(=O)Nc2ccccc21. The first kappa shape index (κ1) is 21.8. The number of hydrogen-bond acceptors (Lipinski definition) is 6. The van der Waals surface area contributed by atoms with Gasteiger partial charge in [0.1, 0.15) is 17.9 Å². The Morgan fingerprint density at radius 2 is 1.50 bits per heavy atom. The number of nitrogens with one attached hydrogen (secondary N) is 1. The lowest BCUT2D eigenvalue weighted by Crippen LogP contribution is -2.45. The van der Waals surface area contributed by atoms with Crippen molar-refractivity contribution in [3.63, 3.8) is 0 Å². The fraction of sp³-hybridized carbons (Fsp3) is 0.115. The van der Waals surface area contributed by atoms with Crippen LogP contribution in [0.1, 0.15) is 6.92 Å². The molecule has 1 aliphatic rings. The maximum absolute atomic E-state index is 13.3. The van der Waals surface area contributed by atoms with Gasteiger partial charge in [0.2, 0.25) is 17.0 Å².